The van der Waals surface area contributed by atoms with Crippen LogP contribution in [0.1, 0.15) is 29.7 Å². The van der Waals surface area contributed by atoms with Crippen LogP contribution in [-0.4, -0.2) is 9.55 Å². The zero-order chi connectivity index (χ0) is 16.7. The van der Waals surface area contributed by atoms with Crippen LogP contribution in [0, 0.1) is 19.8 Å². The first-order valence-corrected chi connectivity index (χ1v) is 8.94. The van der Waals surface area contributed by atoms with E-state index < -0.39 is 0 Å². The van der Waals surface area contributed by atoms with Crippen molar-refractivity contribution in [3.63, 3.8) is 0 Å². The Labute approximate surface area is 159 Å². The fourth-order valence-electron chi connectivity index (χ4n) is 3.30. The van der Waals surface area contributed by atoms with Crippen LogP contribution in [0.2, 0.25) is 5.02 Å². The lowest BCUT2D eigenvalue weighted by Crippen LogP contribution is -2.07. The van der Waals surface area contributed by atoms with E-state index >= 15 is 0 Å². The number of anilines is 1. The average molecular weight is 376 g/mol. The van der Waals surface area contributed by atoms with E-state index in [9.17, 15) is 0 Å². The smallest absolute Gasteiger partial charge is 0.150 e. The zero-order valence-corrected chi connectivity index (χ0v) is 16.1. The van der Waals surface area contributed by atoms with Crippen LogP contribution < -0.4 is 5.32 Å². The number of hydrogen-bond donors (Lipinski definition) is 1. The van der Waals surface area contributed by atoms with Gasteiger partial charge in [0.2, 0.25) is 0 Å². The number of nitrogens with zero attached hydrogens (tertiary/aromatic N) is 2. The van der Waals surface area contributed by atoms with Gasteiger partial charge in [-0.25, -0.2) is 4.98 Å². The number of fused-ring (bicyclic) bond motifs is 1. The molecule has 0 spiro atoms. The maximum atomic E-state index is 5.97. The Morgan fingerprint density at radius 1 is 1.16 bits per heavy atom. The Morgan fingerprint density at radius 3 is 2.56 bits per heavy atom. The van der Waals surface area contributed by atoms with Crippen LogP contribution in [0.15, 0.2) is 36.5 Å². The molecule has 0 amide bonds. The van der Waals surface area contributed by atoms with E-state index in [2.05, 4.69) is 46.9 Å². The van der Waals surface area contributed by atoms with Crippen molar-refractivity contribution < 1.29 is 0 Å². The molecule has 1 aliphatic rings. The number of benzene rings is 1. The second-order valence-corrected chi connectivity index (χ2v) is 7.24. The summed E-state index contributed by atoms with van der Waals surface area (Å²) in [6.07, 6.45) is 4.61. The van der Waals surface area contributed by atoms with Crippen molar-refractivity contribution in [2.75, 3.05) is 5.32 Å². The highest BCUT2D eigenvalue weighted by Gasteiger charge is 2.25. The summed E-state index contributed by atoms with van der Waals surface area (Å²) in [7, 11) is 0. The molecule has 1 aliphatic carbocycles. The molecule has 2 heterocycles. The Hall–Kier alpha value is -1.71. The van der Waals surface area contributed by atoms with Gasteiger partial charge in [0.1, 0.15) is 0 Å². The van der Waals surface area contributed by atoms with E-state index in [1.165, 1.54) is 40.6 Å². The molecule has 0 unspecified atom stereocenters. The van der Waals surface area contributed by atoms with Crippen molar-refractivity contribution in [1.82, 2.24) is 9.55 Å². The van der Waals surface area contributed by atoms with Crippen molar-refractivity contribution >= 4 is 40.7 Å². The van der Waals surface area contributed by atoms with E-state index in [1.807, 2.05) is 18.3 Å². The average Bonchev–Trinajstić information content (AvgIpc) is 3.38. The van der Waals surface area contributed by atoms with Crippen LogP contribution >= 0.6 is 24.0 Å². The number of hydrogen-bond acceptors (Lipinski definition) is 2. The van der Waals surface area contributed by atoms with E-state index in [0.29, 0.717) is 0 Å². The molecule has 1 saturated carbocycles. The molecule has 1 aromatic carbocycles. The maximum Gasteiger partial charge on any atom is 0.150 e. The summed E-state index contributed by atoms with van der Waals surface area (Å²) in [4.78, 5) is 4.62. The summed E-state index contributed by atoms with van der Waals surface area (Å²) in [6.45, 7) is 6.29. The van der Waals surface area contributed by atoms with Gasteiger partial charge in [0.25, 0.3) is 0 Å². The van der Waals surface area contributed by atoms with Crippen LogP contribution in [-0.2, 0) is 13.1 Å². The highest BCUT2D eigenvalue weighted by atomic mass is 35.5. The van der Waals surface area contributed by atoms with Gasteiger partial charge in [0.05, 0.1) is 5.52 Å². The lowest BCUT2D eigenvalue weighted by atomic mass is 10.2. The fourth-order valence-corrected chi connectivity index (χ4v) is 3.43. The van der Waals surface area contributed by atoms with Gasteiger partial charge < -0.3 is 9.88 Å². The third-order valence-electron chi connectivity index (χ3n) is 5.06. The molecule has 5 heteroatoms. The lowest BCUT2D eigenvalue weighted by Gasteiger charge is -2.12. The van der Waals surface area contributed by atoms with E-state index in [4.69, 9.17) is 11.6 Å². The summed E-state index contributed by atoms with van der Waals surface area (Å²) >= 11 is 5.97. The normalized spacial score (nSPS) is 13.7. The lowest BCUT2D eigenvalue weighted by molar-refractivity contribution is 0.631. The minimum atomic E-state index is 0. The first-order valence-electron chi connectivity index (χ1n) is 8.56. The molecule has 1 N–H and O–H groups in total. The first kappa shape index (κ1) is 18.1. The summed E-state index contributed by atoms with van der Waals surface area (Å²) in [5.41, 5.74) is 5.17. The second kappa shape index (κ2) is 7.27. The summed E-state index contributed by atoms with van der Waals surface area (Å²) < 4.78 is 2.46. The van der Waals surface area contributed by atoms with Gasteiger partial charge in [-0.05, 0) is 61.9 Å². The number of aryl methyl sites for hydroxylation is 1. The Balaban J connectivity index is 0.00000182. The Morgan fingerprint density at radius 2 is 1.88 bits per heavy atom. The monoisotopic (exact) mass is 375 g/mol. The van der Waals surface area contributed by atoms with E-state index in [1.54, 1.807) is 0 Å². The molecule has 25 heavy (non-hydrogen) atoms. The van der Waals surface area contributed by atoms with Crippen molar-refractivity contribution in [3.05, 3.63) is 58.4 Å². The molecule has 2 aromatic heterocycles. The molecule has 3 nitrogen and oxygen atoms in total. The number of halogens is 2. The Bertz CT molecular complexity index is 880. The second-order valence-electron chi connectivity index (χ2n) is 6.80. The first-order chi connectivity index (χ1) is 11.6. The van der Waals surface area contributed by atoms with Gasteiger partial charge in [-0.15, -0.1) is 12.4 Å². The fraction of sp³-hybridized carbons (Fsp3) is 0.350. The van der Waals surface area contributed by atoms with Crippen LogP contribution in [0.4, 0.5) is 5.82 Å². The topological polar surface area (TPSA) is 29.9 Å². The third-order valence-corrected chi connectivity index (χ3v) is 5.31. The van der Waals surface area contributed by atoms with Crippen LogP contribution in [0.25, 0.3) is 10.9 Å². The highest BCUT2D eigenvalue weighted by molar-refractivity contribution is 6.30. The van der Waals surface area contributed by atoms with Gasteiger partial charge in [-0.2, -0.15) is 0 Å². The quantitative estimate of drug-likeness (QED) is 0.614. The number of rotatable bonds is 5. The molecule has 0 bridgehead atoms. The predicted octanol–water partition coefficient (Wildman–Crippen LogP) is 5.75. The Kier molecular flexibility index (Phi) is 5.26. The highest BCUT2D eigenvalue weighted by Crippen LogP contribution is 2.36. The summed E-state index contributed by atoms with van der Waals surface area (Å²) in [5, 5.41) is 5.60. The molecule has 3 aromatic rings. The van der Waals surface area contributed by atoms with Gasteiger partial charge in [0, 0.05) is 35.4 Å². The molecule has 0 aliphatic heterocycles. The molecule has 0 radical (unpaired) electrons. The van der Waals surface area contributed by atoms with Crippen LogP contribution in [0.3, 0.4) is 0 Å². The third kappa shape index (κ3) is 3.63. The molecule has 132 valence electrons. The van der Waals surface area contributed by atoms with Gasteiger partial charge in [0.15, 0.2) is 5.82 Å². The van der Waals surface area contributed by atoms with Crippen LogP contribution in [0.5, 0.6) is 0 Å². The molecular weight excluding hydrogens is 353 g/mol. The molecular formula is C20H23Cl2N3. The number of aromatic nitrogens is 2. The summed E-state index contributed by atoms with van der Waals surface area (Å²) in [5.74, 6) is 1.81. The maximum absolute atomic E-state index is 5.97. The minimum Gasteiger partial charge on any atom is -0.364 e. The van der Waals surface area contributed by atoms with Crippen molar-refractivity contribution in [1.29, 1.82) is 0 Å². The number of pyridine rings is 1. The molecule has 4 rings (SSSR count). The minimum absolute atomic E-state index is 0. The molecule has 1 fully saturated rings. The van der Waals surface area contributed by atoms with Crippen molar-refractivity contribution in [2.45, 2.75) is 39.8 Å². The zero-order valence-electron chi connectivity index (χ0n) is 14.6. The van der Waals surface area contributed by atoms with Crippen molar-refractivity contribution in [2.24, 2.45) is 5.92 Å². The predicted molar refractivity (Wildman–Crippen MR) is 108 cm³/mol. The van der Waals surface area contributed by atoms with Crippen molar-refractivity contribution in [3.8, 4) is 0 Å². The van der Waals surface area contributed by atoms with E-state index in [-0.39, 0.29) is 12.4 Å². The van der Waals surface area contributed by atoms with Gasteiger partial charge >= 0.3 is 0 Å². The largest absolute Gasteiger partial charge is 0.364 e. The van der Waals surface area contributed by atoms with Gasteiger partial charge in [-0.3, -0.25) is 0 Å². The standard InChI is InChI=1S/C20H22ClN3.ClH/c1-13-14(2)24(12-16-3-4-16)19-18(13)9-10-22-20(19)23-11-15-5-7-17(21)8-6-15;/h5-10,16H,3-4,11-12H2,1-2H3,(H,22,23);1H. The molecule has 0 atom stereocenters. The van der Waals surface area contributed by atoms with Gasteiger partial charge in [-0.1, -0.05) is 23.7 Å². The SMILES string of the molecule is Cc1c(C)n(CC2CC2)c2c(NCc3ccc(Cl)cc3)nccc12.Cl. The summed E-state index contributed by atoms with van der Waals surface area (Å²) in [6, 6.07) is 10.1. The number of nitrogens with one attached hydrogen (secondary N) is 1. The molecule has 0 saturated heterocycles. The van der Waals surface area contributed by atoms with E-state index in [0.717, 1.165) is 29.8 Å².